The van der Waals surface area contributed by atoms with E-state index in [1.807, 2.05) is 22.6 Å². The van der Waals surface area contributed by atoms with Crippen molar-refractivity contribution in [2.24, 2.45) is 5.92 Å². The Balaban J connectivity index is 1.33. The van der Waals surface area contributed by atoms with E-state index >= 15 is 0 Å². The second kappa shape index (κ2) is 7.23. The molecule has 1 aliphatic rings. The molecule has 6 rings (SSSR count). The highest BCUT2D eigenvalue weighted by Gasteiger charge is 2.30. The Morgan fingerprint density at radius 2 is 2.00 bits per heavy atom. The second-order valence-corrected chi connectivity index (χ2v) is 9.28. The number of aromatic nitrogens is 6. The first-order valence-corrected chi connectivity index (χ1v) is 11.5. The second-order valence-electron chi connectivity index (χ2n) is 8.36. The number of aryl methyl sites for hydroxylation is 1. The van der Waals surface area contributed by atoms with Gasteiger partial charge in [0.2, 0.25) is 5.91 Å². The Bertz CT molecular complexity index is 1480. The maximum absolute atomic E-state index is 12.0. The van der Waals surface area contributed by atoms with Gasteiger partial charge in [-0.1, -0.05) is 0 Å². The van der Waals surface area contributed by atoms with Gasteiger partial charge >= 0.3 is 0 Å². The monoisotopic (exact) mass is 443 g/mol. The number of pyridine rings is 1. The average Bonchev–Trinajstić information content (AvgIpc) is 3.23. The van der Waals surface area contributed by atoms with Crippen LogP contribution < -0.4 is 5.32 Å². The summed E-state index contributed by atoms with van der Waals surface area (Å²) in [5, 5.41) is 18.6. The molecule has 32 heavy (non-hydrogen) atoms. The van der Waals surface area contributed by atoms with Crippen molar-refractivity contribution in [3.8, 4) is 10.4 Å². The van der Waals surface area contributed by atoms with Crippen molar-refractivity contribution in [2.75, 3.05) is 5.32 Å². The van der Waals surface area contributed by atoms with Crippen LogP contribution in [0.3, 0.4) is 0 Å². The maximum Gasteiger partial charge on any atom is 0.228 e. The minimum Gasteiger partial charge on any atom is -0.309 e. The van der Waals surface area contributed by atoms with Crippen molar-refractivity contribution < 1.29 is 4.79 Å². The van der Waals surface area contributed by atoms with Crippen molar-refractivity contribution in [3.05, 3.63) is 65.2 Å². The molecule has 0 saturated heterocycles. The van der Waals surface area contributed by atoms with E-state index in [2.05, 4.69) is 58.1 Å². The van der Waals surface area contributed by atoms with Crippen molar-refractivity contribution in [1.29, 1.82) is 0 Å². The van der Waals surface area contributed by atoms with Crippen LogP contribution in [0.5, 0.6) is 0 Å². The van der Waals surface area contributed by atoms with Gasteiger partial charge in [-0.05, 0) is 68.0 Å². The van der Waals surface area contributed by atoms with Crippen LogP contribution in [0.2, 0.25) is 0 Å². The fourth-order valence-corrected chi connectivity index (χ4v) is 4.72. The first-order chi connectivity index (χ1) is 15.5. The van der Waals surface area contributed by atoms with E-state index in [0.717, 1.165) is 35.6 Å². The Labute approximate surface area is 187 Å². The largest absolute Gasteiger partial charge is 0.309 e. The Kier molecular flexibility index (Phi) is 4.32. The van der Waals surface area contributed by atoms with Crippen LogP contribution in [0.15, 0.2) is 48.1 Å². The number of rotatable bonds is 5. The van der Waals surface area contributed by atoms with Gasteiger partial charge in [0.05, 0.1) is 17.8 Å². The molecule has 160 valence electrons. The number of hydrogen-bond acceptors (Lipinski definition) is 6. The third kappa shape index (κ3) is 3.34. The quantitative estimate of drug-likeness (QED) is 0.437. The molecular weight excluding hydrogens is 422 g/mol. The number of imidazole rings is 1. The van der Waals surface area contributed by atoms with Crippen molar-refractivity contribution in [2.45, 2.75) is 32.6 Å². The van der Waals surface area contributed by atoms with E-state index in [9.17, 15) is 4.79 Å². The number of thiophene rings is 1. The number of nitrogens with zero attached hydrogens (tertiary/aromatic N) is 6. The molecule has 8 nitrogen and oxygen atoms in total. The van der Waals surface area contributed by atoms with E-state index in [1.165, 1.54) is 10.4 Å². The lowest BCUT2D eigenvalue weighted by Crippen LogP contribution is -2.13. The molecule has 9 heteroatoms. The van der Waals surface area contributed by atoms with E-state index in [0.29, 0.717) is 11.5 Å². The molecule has 1 saturated carbocycles. The fraction of sp³-hybridized carbons (Fsp3) is 0.261. The summed E-state index contributed by atoms with van der Waals surface area (Å²) in [5.74, 6) is 1.44. The Hall–Kier alpha value is -3.59. The third-order valence-corrected chi connectivity index (χ3v) is 6.91. The lowest BCUT2D eigenvalue weighted by molar-refractivity contribution is -0.117. The molecule has 0 aliphatic heterocycles. The van der Waals surface area contributed by atoms with E-state index in [4.69, 9.17) is 5.10 Å². The predicted molar refractivity (Wildman–Crippen MR) is 123 cm³/mol. The number of amides is 1. The summed E-state index contributed by atoms with van der Waals surface area (Å²) in [7, 11) is 0. The highest BCUT2D eigenvalue weighted by molar-refractivity contribution is 7.13. The highest BCUT2D eigenvalue weighted by atomic mass is 32.1. The summed E-state index contributed by atoms with van der Waals surface area (Å²) in [4.78, 5) is 17.7. The van der Waals surface area contributed by atoms with Gasteiger partial charge < -0.3 is 5.32 Å². The van der Waals surface area contributed by atoms with Crippen molar-refractivity contribution >= 4 is 34.4 Å². The molecule has 1 amide bonds. The number of hydrogen-bond donors (Lipinski definition) is 1. The standard InChI is InChI=1S/C23H21N7OS/c1-13-9-18(32-12-13)16-5-7-21-26-27-22(29(21)10-16)14(2)17-6-8-20-24-19(11-30(20)28-17)25-23(31)15-3-4-15/h5-12,14-15H,3-4H2,1-2H3,(H,25,31). The van der Waals surface area contributed by atoms with E-state index in [-0.39, 0.29) is 17.7 Å². The van der Waals surface area contributed by atoms with Crippen LogP contribution in [-0.2, 0) is 4.79 Å². The van der Waals surface area contributed by atoms with Crippen molar-refractivity contribution in [1.82, 2.24) is 29.2 Å². The van der Waals surface area contributed by atoms with E-state index < -0.39 is 0 Å². The first kappa shape index (κ1) is 19.1. The smallest absolute Gasteiger partial charge is 0.228 e. The van der Waals surface area contributed by atoms with Gasteiger partial charge in [-0.2, -0.15) is 5.10 Å². The molecule has 1 atom stereocenters. The molecule has 0 aromatic carbocycles. The SMILES string of the molecule is Cc1csc(-c2ccc3nnc(C(C)c4ccc5nc(NC(=O)C6CC6)cn5n4)n3c2)c1. The topological polar surface area (TPSA) is 89.5 Å². The number of nitrogens with one attached hydrogen (secondary N) is 1. The van der Waals surface area contributed by atoms with Gasteiger partial charge in [-0.3, -0.25) is 9.20 Å². The maximum atomic E-state index is 12.0. The lowest BCUT2D eigenvalue weighted by atomic mass is 10.1. The Morgan fingerprint density at radius 1 is 1.16 bits per heavy atom. The number of carbonyl (C=O) groups excluding carboxylic acids is 1. The fourth-order valence-electron chi connectivity index (χ4n) is 3.83. The summed E-state index contributed by atoms with van der Waals surface area (Å²) < 4.78 is 3.74. The molecule has 1 fully saturated rings. The van der Waals surface area contributed by atoms with E-state index in [1.54, 1.807) is 22.0 Å². The normalized spacial score (nSPS) is 14.8. The minimum absolute atomic E-state index is 0.0358. The zero-order chi connectivity index (χ0) is 21.8. The number of fused-ring (bicyclic) bond motifs is 2. The molecule has 0 bridgehead atoms. The minimum atomic E-state index is -0.0818. The zero-order valence-corrected chi connectivity index (χ0v) is 18.5. The third-order valence-electron chi connectivity index (χ3n) is 5.81. The van der Waals surface area contributed by atoms with Gasteiger partial charge in [0.25, 0.3) is 0 Å². The van der Waals surface area contributed by atoms with Crippen LogP contribution in [0.1, 0.15) is 42.8 Å². The number of carbonyl (C=O) groups is 1. The molecule has 0 spiro atoms. The van der Waals surface area contributed by atoms with Gasteiger partial charge in [0, 0.05) is 22.6 Å². The van der Waals surface area contributed by atoms with Gasteiger partial charge in [-0.25, -0.2) is 9.50 Å². The molecule has 1 unspecified atom stereocenters. The summed E-state index contributed by atoms with van der Waals surface area (Å²) in [6.07, 6.45) is 5.76. The molecule has 1 N–H and O–H groups in total. The van der Waals surface area contributed by atoms with Crippen LogP contribution >= 0.6 is 11.3 Å². The first-order valence-electron chi connectivity index (χ1n) is 10.6. The van der Waals surface area contributed by atoms with Gasteiger partial charge in [0.1, 0.15) is 5.82 Å². The van der Waals surface area contributed by atoms with Gasteiger partial charge in [-0.15, -0.1) is 21.5 Å². The summed E-state index contributed by atoms with van der Waals surface area (Å²) >= 11 is 1.73. The summed E-state index contributed by atoms with van der Waals surface area (Å²) in [6, 6.07) is 10.1. The lowest BCUT2D eigenvalue weighted by Gasteiger charge is -2.10. The number of anilines is 1. The Morgan fingerprint density at radius 3 is 2.78 bits per heavy atom. The van der Waals surface area contributed by atoms with Crippen LogP contribution in [0.25, 0.3) is 21.7 Å². The highest BCUT2D eigenvalue weighted by Crippen LogP contribution is 2.31. The van der Waals surface area contributed by atoms with Crippen molar-refractivity contribution in [3.63, 3.8) is 0 Å². The molecule has 1 aliphatic carbocycles. The van der Waals surface area contributed by atoms with Crippen LogP contribution in [-0.4, -0.2) is 35.1 Å². The average molecular weight is 444 g/mol. The molecule has 0 radical (unpaired) electrons. The summed E-state index contributed by atoms with van der Waals surface area (Å²) in [5.41, 5.74) is 4.73. The predicted octanol–water partition coefficient (Wildman–Crippen LogP) is 4.31. The molecule has 5 aromatic heterocycles. The zero-order valence-electron chi connectivity index (χ0n) is 17.7. The molecular formula is C23H21N7OS. The van der Waals surface area contributed by atoms with Crippen LogP contribution in [0.4, 0.5) is 5.82 Å². The molecule has 5 aromatic rings. The van der Waals surface area contributed by atoms with Crippen LogP contribution in [0, 0.1) is 12.8 Å². The van der Waals surface area contributed by atoms with Gasteiger partial charge in [0.15, 0.2) is 17.1 Å². The molecule has 5 heterocycles. The summed E-state index contributed by atoms with van der Waals surface area (Å²) in [6.45, 7) is 4.17.